The van der Waals surface area contributed by atoms with E-state index in [1.807, 2.05) is 6.92 Å². The monoisotopic (exact) mass is 215 g/mol. The number of amides is 1. The summed E-state index contributed by atoms with van der Waals surface area (Å²) < 4.78 is 0. The highest BCUT2D eigenvalue weighted by molar-refractivity contribution is 5.89. The topological polar surface area (TPSA) is 86.6 Å². The van der Waals surface area contributed by atoms with Gasteiger partial charge in [0.25, 0.3) is 0 Å². The van der Waals surface area contributed by atoms with E-state index in [9.17, 15) is 9.59 Å². The number of hydrogen-bond donors (Lipinski definition) is 3. The third kappa shape index (κ3) is 3.51. The number of rotatable bonds is 6. The lowest BCUT2D eigenvalue weighted by Crippen LogP contribution is -2.30. The summed E-state index contributed by atoms with van der Waals surface area (Å²) >= 11 is 0. The van der Waals surface area contributed by atoms with Gasteiger partial charge in [-0.3, -0.25) is 9.59 Å². The van der Waals surface area contributed by atoms with Gasteiger partial charge in [0, 0.05) is 13.2 Å². The molecule has 1 unspecified atom stereocenters. The van der Waals surface area contributed by atoms with Gasteiger partial charge in [-0.25, -0.2) is 0 Å². The van der Waals surface area contributed by atoms with Crippen LogP contribution in [0.2, 0.25) is 0 Å². The van der Waals surface area contributed by atoms with Gasteiger partial charge in [-0.1, -0.05) is 6.92 Å². The Morgan fingerprint density at radius 1 is 1.47 bits per heavy atom. The van der Waals surface area contributed by atoms with Crippen LogP contribution in [-0.4, -0.2) is 35.2 Å². The minimum atomic E-state index is -0.890. The largest absolute Gasteiger partial charge is 0.481 e. The van der Waals surface area contributed by atoms with Crippen molar-refractivity contribution >= 4 is 11.9 Å². The summed E-state index contributed by atoms with van der Waals surface area (Å²) in [6.45, 7) is 2.54. The van der Waals surface area contributed by atoms with Gasteiger partial charge < -0.3 is 15.5 Å². The molecule has 5 heteroatoms. The number of hydrogen-bond acceptors (Lipinski definition) is 3. The minimum Gasteiger partial charge on any atom is -0.481 e. The quantitative estimate of drug-likeness (QED) is 0.574. The Hall–Kier alpha value is -1.10. The van der Waals surface area contributed by atoms with Gasteiger partial charge in [0.1, 0.15) is 0 Å². The number of carboxylic acids is 1. The number of aliphatic hydroxyl groups excluding tert-OH is 1. The van der Waals surface area contributed by atoms with Crippen molar-refractivity contribution in [3.05, 3.63) is 0 Å². The zero-order valence-corrected chi connectivity index (χ0v) is 8.77. The highest BCUT2D eigenvalue weighted by Gasteiger charge is 2.48. The maximum atomic E-state index is 11.4. The van der Waals surface area contributed by atoms with E-state index in [0.29, 0.717) is 19.4 Å². The zero-order chi connectivity index (χ0) is 11.4. The van der Waals surface area contributed by atoms with Gasteiger partial charge in [0.05, 0.1) is 11.8 Å². The van der Waals surface area contributed by atoms with E-state index in [-0.39, 0.29) is 24.3 Å². The Balaban J connectivity index is 2.18. The van der Waals surface area contributed by atoms with Gasteiger partial charge >= 0.3 is 5.97 Å². The van der Waals surface area contributed by atoms with E-state index in [4.69, 9.17) is 10.2 Å². The summed E-state index contributed by atoms with van der Waals surface area (Å²) in [6, 6.07) is 0. The van der Waals surface area contributed by atoms with Crippen LogP contribution in [0.4, 0.5) is 0 Å². The van der Waals surface area contributed by atoms with Crippen molar-refractivity contribution in [1.29, 1.82) is 0 Å². The van der Waals surface area contributed by atoms with Crippen molar-refractivity contribution in [2.45, 2.75) is 19.8 Å². The fraction of sp³-hybridized carbons (Fsp3) is 0.800. The molecule has 0 aromatic rings. The molecule has 0 radical (unpaired) electrons. The average molecular weight is 215 g/mol. The SMILES string of the molecule is CC(CCO)CNC(=O)[C@@H]1C[C@@H]1C(=O)O. The number of carbonyl (C=O) groups is 2. The summed E-state index contributed by atoms with van der Waals surface area (Å²) in [5.74, 6) is -1.67. The van der Waals surface area contributed by atoms with Crippen LogP contribution in [0, 0.1) is 17.8 Å². The third-order valence-corrected chi connectivity index (χ3v) is 2.69. The summed E-state index contributed by atoms with van der Waals surface area (Å²) in [5, 5.41) is 20.0. The fourth-order valence-corrected chi connectivity index (χ4v) is 1.49. The molecule has 1 rings (SSSR count). The van der Waals surface area contributed by atoms with Gasteiger partial charge in [0.15, 0.2) is 0 Å². The molecule has 0 aromatic carbocycles. The van der Waals surface area contributed by atoms with Crippen molar-refractivity contribution in [1.82, 2.24) is 5.32 Å². The predicted molar refractivity (Wildman–Crippen MR) is 53.1 cm³/mol. The number of aliphatic carboxylic acids is 1. The Labute approximate surface area is 88.5 Å². The van der Waals surface area contributed by atoms with E-state index >= 15 is 0 Å². The highest BCUT2D eigenvalue weighted by Crippen LogP contribution is 2.38. The molecule has 15 heavy (non-hydrogen) atoms. The van der Waals surface area contributed by atoms with Crippen molar-refractivity contribution in [2.24, 2.45) is 17.8 Å². The molecule has 1 saturated carbocycles. The second-order valence-electron chi connectivity index (χ2n) is 4.15. The van der Waals surface area contributed by atoms with Crippen molar-refractivity contribution in [2.75, 3.05) is 13.2 Å². The summed E-state index contributed by atoms with van der Waals surface area (Å²) in [7, 11) is 0. The van der Waals surface area contributed by atoms with E-state index in [1.165, 1.54) is 0 Å². The van der Waals surface area contributed by atoms with Crippen LogP contribution >= 0.6 is 0 Å². The predicted octanol–water partition coefficient (Wildman–Crippen LogP) is -0.158. The first kappa shape index (κ1) is 12.0. The molecule has 0 aliphatic heterocycles. The Bertz CT molecular complexity index is 254. The van der Waals surface area contributed by atoms with E-state index < -0.39 is 11.9 Å². The normalized spacial score (nSPS) is 25.7. The molecule has 0 heterocycles. The number of carboxylic acid groups (broad SMARTS) is 1. The molecular weight excluding hydrogens is 198 g/mol. The Morgan fingerprint density at radius 2 is 2.13 bits per heavy atom. The molecule has 0 saturated heterocycles. The smallest absolute Gasteiger partial charge is 0.307 e. The summed E-state index contributed by atoms with van der Waals surface area (Å²) in [5.41, 5.74) is 0. The maximum absolute atomic E-state index is 11.4. The van der Waals surface area contributed by atoms with Gasteiger partial charge in [-0.05, 0) is 18.8 Å². The molecular formula is C10H17NO4. The van der Waals surface area contributed by atoms with Crippen LogP contribution in [0.3, 0.4) is 0 Å². The molecule has 1 fully saturated rings. The van der Waals surface area contributed by atoms with Crippen LogP contribution in [-0.2, 0) is 9.59 Å². The first-order valence-corrected chi connectivity index (χ1v) is 5.17. The van der Waals surface area contributed by atoms with Crippen molar-refractivity contribution < 1.29 is 19.8 Å². The van der Waals surface area contributed by atoms with Gasteiger partial charge in [-0.2, -0.15) is 0 Å². The second kappa shape index (κ2) is 5.11. The van der Waals surface area contributed by atoms with E-state index in [1.54, 1.807) is 0 Å². The van der Waals surface area contributed by atoms with Gasteiger partial charge in [0.2, 0.25) is 5.91 Å². The number of nitrogens with one attached hydrogen (secondary N) is 1. The van der Waals surface area contributed by atoms with E-state index in [0.717, 1.165) is 0 Å². The maximum Gasteiger partial charge on any atom is 0.307 e. The molecule has 0 aromatic heterocycles. The van der Waals surface area contributed by atoms with Gasteiger partial charge in [-0.15, -0.1) is 0 Å². The minimum absolute atomic E-state index is 0.109. The molecule has 3 N–H and O–H groups in total. The van der Waals surface area contributed by atoms with Crippen LogP contribution in [0.25, 0.3) is 0 Å². The second-order valence-corrected chi connectivity index (χ2v) is 4.15. The lowest BCUT2D eigenvalue weighted by Gasteiger charge is -2.10. The first-order chi connectivity index (χ1) is 7.06. The van der Waals surface area contributed by atoms with Crippen LogP contribution < -0.4 is 5.32 Å². The fourth-order valence-electron chi connectivity index (χ4n) is 1.49. The molecule has 3 atom stereocenters. The first-order valence-electron chi connectivity index (χ1n) is 5.17. The molecule has 0 bridgehead atoms. The van der Waals surface area contributed by atoms with Crippen molar-refractivity contribution in [3.8, 4) is 0 Å². The lowest BCUT2D eigenvalue weighted by atomic mass is 10.1. The van der Waals surface area contributed by atoms with E-state index in [2.05, 4.69) is 5.32 Å². The highest BCUT2D eigenvalue weighted by atomic mass is 16.4. The average Bonchev–Trinajstić information content (AvgIpc) is 2.94. The number of aliphatic hydroxyl groups is 1. The lowest BCUT2D eigenvalue weighted by molar-refractivity contribution is -0.140. The standard InChI is InChI=1S/C10H17NO4/c1-6(2-3-12)5-11-9(13)7-4-8(7)10(14)15/h6-8,12H,2-5H2,1H3,(H,11,13)(H,14,15)/t6?,7-,8+/m1/s1. The summed E-state index contributed by atoms with van der Waals surface area (Å²) in [6.07, 6.45) is 1.10. The van der Waals surface area contributed by atoms with Crippen LogP contribution in [0.15, 0.2) is 0 Å². The molecule has 1 aliphatic rings. The molecule has 86 valence electrons. The molecule has 5 nitrogen and oxygen atoms in total. The molecule has 1 aliphatic carbocycles. The number of carbonyl (C=O) groups excluding carboxylic acids is 1. The molecule has 1 amide bonds. The Morgan fingerprint density at radius 3 is 2.60 bits per heavy atom. The van der Waals surface area contributed by atoms with Crippen LogP contribution in [0.5, 0.6) is 0 Å². The zero-order valence-electron chi connectivity index (χ0n) is 8.77. The molecule has 0 spiro atoms. The third-order valence-electron chi connectivity index (χ3n) is 2.69. The van der Waals surface area contributed by atoms with Crippen LogP contribution in [0.1, 0.15) is 19.8 Å². The van der Waals surface area contributed by atoms with Crippen molar-refractivity contribution in [3.63, 3.8) is 0 Å². The Kier molecular flexibility index (Phi) is 4.08. The summed E-state index contributed by atoms with van der Waals surface area (Å²) in [4.78, 5) is 21.9.